The number of rotatable bonds is 11. The van der Waals surface area contributed by atoms with Gasteiger partial charge in [-0.1, -0.05) is 37.3 Å². The number of nitrogens with one attached hydrogen (secondary N) is 1. The van der Waals surface area contributed by atoms with Gasteiger partial charge in [-0.25, -0.2) is 9.59 Å². The summed E-state index contributed by atoms with van der Waals surface area (Å²) in [5, 5.41) is 21.7. The topological polar surface area (TPSA) is 118 Å². The zero-order valence-electron chi connectivity index (χ0n) is 21.5. The molecule has 4 aromatic rings. The quantitative estimate of drug-likeness (QED) is 0.242. The standard InChI is InChI=1S/C29H31N3O5S/c1-3-18(14-17-8-6-5-7-9-17)23-16-22(33)26(28(34)37-23)25(19-10-11-19)24-13-12-20(38-24)15-21-27(31-32-30-21)29(35)36-4-2/h5-9,12-13,16,18-19,25,33H,3-4,10-11,14-15H2,1-2H3,(H,30,31,32). The van der Waals surface area contributed by atoms with Crippen LogP contribution in [-0.2, 0) is 17.6 Å². The SMILES string of the molecule is CCOC(=O)c1n[nH]nc1Cc1ccc(C(c2c(O)cc(C(CC)Cc3ccccc3)oc2=O)C2CC2)s1. The van der Waals surface area contributed by atoms with E-state index >= 15 is 0 Å². The number of nitrogens with zero attached hydrogens (tertiary/aromatic N) is 2. The molecule has 0 amide bonds. The van der Waals surface area contributed by atoms with Crippen LogP contribution in [0.5, 0.6) is 5.75 Å². The lowest BCUT2D eigenvalue weighted by Gasteiger charge is -2.18. The van der Waals surface area contributed by atoms with E-state index in [1.165, 1.54) is 0 Å². The Balaban J connectivity index is 1.40. The zero-order valence-corrected chi connectivity index (χ0v) is 22.3. The molecule has 3 aromatic heterocycles. The molecule has 0 spiro atoms. The summed E-state index contributed by atoms with van der Waals surface area (Å²) in [5.41, 5.74) is 1.70. The minimum atomic E-state index is -0.510. The number of H-pyrrole nitrogens is 1. The van der Waals surface area contributed by atoms with Crippen molar-refractivity contribution in [2.45, 2.75) is 57.8 Å². The fraction of sp³-hybridized carbons (Fsp3) is 0.379. The monoisotopic (exact) mass is 533 g/mol. The lowest BCUT2D eigenvalue weighted by Crippen LogP contribution is -2.17. The number of hydrogen-bond donors (Lipinski definition) is 2. The van der Waals surface area contributed by atoms with E-state index in [1.807, 2.05) is 30.3 Å². The number of aromatic amines is 1. The molecule has 5 rings (SSSR count). The van der Waals surface area contributed by atoms with Gasteiger partial charge in [0.1, 0.15) is 17.2 Å². The summed E-state index contributed by atoms with van der Waals surface area (Å²) >= 11 is 1.54. The average Bonchev–Trinajstić information content (AvgIpc) is 3.46. The Bertz CT molecular complexity index is 1450. The van der Waals surface area contributed by atoms with Crippen LogP contribution in [0.1, 0.15) is 87.8 Å². The Morgan fingerprint density at radius 3 is 2.66 bits per heavy atom. The molecule has 9 heteroatoms. The van der Waals surface area contributed by atoms with Crippen LogP contribution in [0.2, 0.25) is 0 Å². The van der Waals surface area contributed by atoms with Crippen molar-refractivity contribution in [3.8, 4) is 5.75 Å². The fourth-order valence-electron chi connectivity index (χ4n) is 4.94. The normalized spacial score (nSPS) is 14.8. The van der Waals surface area contributed by atoms with E-state index in [1.54, 1.807) is 24.3 Å². The number of benzene rings is 1. The Morgan fingerprint density at radius 1 is 1.18 bits per heavy atom. The van der Waals surface area contributed by atoms with Gasteiger partial charge in [0.15, 0.2) is 5.69 Å². The van der Waals surface area contributed by atoms with Crippen LogP contribution in [0.15, 0.2) is 57.7 Å². The van der Waals surface area contributed by atoms with Gasteiger partial charge in [-0.15, -0.1) is 16.4 Å². The molecule has 1 fully saturated rings. The summed E-state index contributed by atoms with van der Waals surface area (Å²) in [6.45, 7) is 4.06. The van der Waals surface area contributed by atoms with Gasteiger partial charge in [-0.2, -0.15) is 10.3 Å². The molecule has 1 aromatic carbocycles. The van der Waals surface area contributed by atoms with Gasteiger partial charge in [-0.3, -0.25) is 0 Å². The van der Waals surface area contributed by atoms with E-state index in [4.69, 9.17) is 9.15 Å². The fourth-order valence-corrected chi connectivity index (χ4v) is 6.16. The Hall–Kier alpha value is -3.72. The minimum absolute atomic E-state index is 0.00397. The highest BCUT2D eigenvalue weighted by Gasteiger charge is 2.38. The van der Waals surface area contributed by atoms with Crippen LogP contribution in [0, 0.1) is 5.92 Å². The Kier molecular flexibility index (Phi) is 7.74. The molecule has 8 nitrogen and oxygen atoms in total. The molecule has 2 atom stereocenters. The van der Waals surface area contributed by atoms with Gasteiger partial charge in [0.05, 0.1) is 12.2 Å². The second-order valence-electron chi connectivity index (χ2n) is 9.67. The molecule has 0 saturated heterocycles. The van der Waals surface area contributed by atoms with Gasteiger partial charge < -0.3 is 14.3 Å². The molecule has 2 N–H and O–H groups in total. The lowest BCUT2D eigenvalue weighted by molar-refractivity contribution is 0.0518. The van der Waals surface area contributed by atoms with Crippen molar-refractivity contribution in [2.75, 3.05) is 6.61 Å². The van der Waals surface area contributed by atoms with Gasteiger partial charge in [-0.05, 0) is 56.2 Å². The minimum Gasteiger partial charge on any atom is -0.507 e. The Labute approximate surface area is 224 Å². The van der Waals surface area contributed by atoms with Crippen LogP contribution in [0.4, 0.5) is 0 Å². The molecule has 0 bridgehead atoms. The lowest BCUT2D eigenvalue weighted by atomic mass is 9.90. The van der Waals surface area contributed by atoms with Crippen molar-refractivity contribution in [2.24, 2.45) is 5.92 Å². The van der Waals surface area contributed by atoms with Crippen LogP contribution in [-0.4, -0.2) is 33.1 Å². The molecule has 1 saturated carbocycles. The van der Waals surface area contributed by atoms with Gasteiger partial charge in [0.25, 0.3) is 0 Å². The number of carbonyl (C=O) groups is 1. The first-order valence-electron chi connectivity index (χ1n) is 13.0. The highest BCUT2D eigenvalue weighted by atomic mass is 32.1. The van der Waals surface area contributed by atoms with Crippen molar-refractivity contribution >= 4 is 17.3 Å². The van der Waals surface area contributed by atoms with Gasteiger partial charge in [0.2, 0.25) is 0 Å². The number of esters is 1. The Morgan fingerprint density at radius 2 is 1.97 bits per heavy atom. The summed E-state index contributed by atoms with van der Waals surface area (Å²) in [6.07, 6.45) is 3.90. The largest absolute Gasteiger partial charge is 0.507 e. The van der Waals surface area contributed by atoms with Gasteiger partial charge in [0, 0.05) is 34.1 Å². The second-order valence-corrected chi connectivity index (χ2v) is 10.9. The summed E-state index contributed by atoms with van der Waals surface area (Å²) in [5.74, 6) is 0.0277. The summed E-state index contributed by atoms with van der Waals surface area (Å²) in [7, 11) is 0. The molecular formula is C29H31N3O5S. The van der Waals surface area contributed by atoms with Crippen molar-refractivity contribution in [3.05, 3.63) is 97.0 Å². The predicted octanol–water partition coefficient (Wildman–Crippen LogP) is 5.57. The molecule has 0 radical (unpaired) electrons. The molecule has 198 valence electrons. The van der Waals surface area contributed by atoms with Gasteiger partial charge >= 0.3 is 11.6 Å². The first-order chi connectivity index (χ1) is 18.5. The van der Waals surface area contributed by atoms with Crippen LogP contribution < -0.4 is 5.63 Å². The van der Waals surface area contributed by atoms with Crippen molar-refractivity contribution in [3.63, 3.8) is 0 Å². The summed E-state index contributed by atoms with van der Waals surface area (Å²) < 4.78 is 10.9. The molecular weight excluding hydrogens is 502 g/mol. The summed E-state index contributed by atoms with van der Waals surface area (Å²) in [6, 6.07) is 15.7. The number of thiophene rings is 1. The highest BCUT2D eigenvalue weighted by Crippen LogP contribution is 2.49. The van der Waals surface area contributed by atoms with E-state index in [0.717, 1.165) is 41.0 Å². The van der Waals surface area contributed by atoms with Crippen LogP contribution in [0.25, 0.3) is 0 Å². The molecule has 38 heavy (non-hydrogen) atoms. The smallest absolute Gasteiger partial charge is 0.360 e. The molecule has 1 aliphatic carbocycles. The maximum Gasteiger partial charge on any atom is 0.360 e. The van der Waals surface area contributed by atoms with E-state index in [-0.39, 0.29) is 35.8 Å². The molecule has 0 aliphatic heterocycles. The number of aromatic hydroxyl groups is 1. The molecule has 1 aliphatic rings. The number of carbonyl (C=O) groups excluding carboxylic acids is 1. The maximum atomic E-state index is 13.3. The zero-order chi connectivity index (χ0) is 26.6. The van der Waals surface area contributed by atoms with Crippen molar-refractivity contribution in [1.29, 1.82) is 0 Å². The van der Waals surface area contributed by atoms with Crippen LogP contribution >= 0.6 is 11.3 Å². The second kappa shape index (κ2) is 11.3. The number of ether oxygens (including phenoxy) is 1. The van der Waals surface area contributed by atoms with E-state index < -0.39 is 11.6 Å². The third-order valence-electron chi connectivity index (χ3n) is 7.03. The predicted molar refractivity (Wildman–Crippen MR) is 144 cm³/mol. The van der Waals surface area contributed by atoms with E-state index in [9.17, 15) is 14.7 Å². The molecule has 3 heterocycles. The number of aromatic nitrogens is 3. The van der Waals surface area contributed by atoms with Crippen molar-refractivity contribution < 1.29 is 19.1 Å². The van der Waals surface area contributed by atoms with E-state index in [2.05, 4.69) is 34.5 Å². The third-order valence-corrected chi connectivity index (χ3v) is 8.20. The number of hydrogen-bond acceptors (Lipinski definition) is 8. The third kappa shape index (κ3) is 5.57. The van der Waals surface area contributed by atoms with Crippen molar-refractivity contribution in [1.82, 2.24) is 15.4 Å². The van der Waals surface area contributed by atoms with Crippen LogP contribution in [0.3, 0.4) is 0 Å². The molecule has 2 unspecified atom stereocenters. The first kappa shape index (κ1) is 25.9. The van der Waals surface area contributed by atoms with E-state index in [0.29, 0.717) is 23.4 Å². The highest BCUT2D eigenvalue weighted by molar-refractivity contribution is 7.12. The first-order valence-corrected chi connectivity index (χ1v) is 13.9. The average molecular weight is 534 g/mol. The summed E-state index contributed by atoms with van der Waals surface area (Å²) in [4.78, 5) is 27.5. The maximum absolute atomic E-state index is 13.3.